The second-order valence-corrected chi connectivity index (χ2v) is 8.05. The van der Waals surface area contributed by atoms with E-state index in [0.29, 0.717) is 16.5 Å². The Morgan fingerprint density at radius 1 is 1.06 bits per heavy atom. The van der Waals surface area contributed by atoms with Crippen LogP contribution in [0.1, 0.15) is 21.5 Å². The van der Waals surface area contributed by atoms with Gasteiger partial charge in [-0.25, -0.2) is 10.1 Å². The molecule has 0 atom stereocenters. The molecule has 0 aliphatic rings. The molecule has 0 aliphatic heterocycles. The Labute approximate surface area is 195 Å². The molecule has 0 aliphatic carbocycles. The van der Waals surface area contributed by atoms with Crippen molar-refractivity contribution in [1.82, 2.24) is 14.9 Å². The van der Waals surface area contributed by atoms with Crippen LogP contribution in [-0.4, -0.2) is 32.6 Å². The van der Waals surface area contributed by atoms with E-state index in [0.717, 1.165) is 16.9 Å². The maximum Gasteiger partial charge on any atom is 0.264 e. The van der Waals surface area contributed by atoms with Crippen molar-refractivity contribution in [3.63, 3.8) is 0 Å². The number of aromatic nitrogens is 3. The van der Waals surface area contributed by atoms with Gasteiger partial charge in [0.05, 0.1) is 12.0 Å². The number of hydrogen-bond donors (Lipinski definition) is 2. The second-order valence-electron chi connectivity index (χ2n) is 7.11. The highest BCUT2D eigenvalue weighted by atomic mass is 32.2. The summed E-state index contributed by atoms with van der Waals surface area (Å²) in [5.41, 5.74) is 5.36. The van der Waals surface area contributed by atoms with Crippen molar-refractivity contribution in [3.8, 4) is 11.5 Å². The predicted molar refractivity (Wildman–Crippen MR) is 131 cm³/mol. The molecule has 9 heteroatoms. The highest BCUT2D eigenvalue weighted by Crippen LogP contribution is 2.21. The molecule has 3 N–H and O–H groups in total. The van der Waals surface area contributed by atoms with Gasteiger partial charge in [0.1, 0.15) is 11.5 Å². The van der Waals surface area contributed by atoms with Crippen LogP contribution in [0.15, 0.2) is 89.1 Å². The third-order valence-electron chi connectivity index (χ3n) is 4.59. The number of hydrogen-bond acceptors (Lipinski definition) is 8. The number of nitrogens with one attached hydrogen (secondary N) is 1. The molecular formula is C24H22N6O2S. The van der Waals surface area contributed by atoms with E-state index in [9.17, 15) is 4.79 Å². The number of ether oxygens (including phenoxy) is 1. The van der Waals surface area contributed by atoms with Gasteiger partial charge in [0.25, 0.3) is 5.95 Å². The molecule has 0 bridgehead atoms. The van der Waals surface area contributed by atoms with E-state index >= 15 is 0 Å². The van der Waals surface area contributed by atoms with Crippen LogP contribution in [0.25, 0.3) is 0 Å². The van der Waals surface area contributed by atoms with Gasteiger partial charge in [0.2, 0.25) is 5.16 Å². The number of Topliss-reactive ketones (excluding diaryl/α,β-unsaturated/α-hetero) is 1. The zero-order valence-corrected chi connectivity index (χ0v) is 18.7. The SMILES string of the molecule is Cc1ccc(C(=O)CSc2nnc(N/N=C/c3cccc(Oc4ccccc4)c3)n2N)cc1. The minimum absolute atomic E-state index is 0.00636. The third-order valence-corrected chi connectivity index (χ3v) is 5.53. The first kappa shape index (κ1) is 22.1. The topological polar surface area (TPSA) is 107 Å². The fourth-order valence-corrected chi connectivity index (χ4v) is 3.60. The summed E-state index contributed by atoms with van der Waals surface area (Å²) in [7, 11) is 0. The number of nitrogens with two attached hydrogens (primary N) is 1. The van der Waals surface area contributed by atoms with Gasteiger partial charge in [-0.05, 0) is 36.8 Å². The summed E-state index contributed by atoms with van der Waals surface area (Å²) in [6.07, 6.45) is 1.63. The molecule has 3 aromatic carbocycles. The first-order valence-corrected chi connectivity index (χ1v) is 11.1. The van der Waals surface area contributed by atoms with Crippen molar-refractivity contribution in [2.75, 3.05) is 17.0 Å². The van der Waals surface area contributed by atoms with Crippen LogP contribution in [0.4, 0.5) is 5.95 Å². The van der Waals surface area contributed by atoms with Crippen molar-refractivity contribution in [2.24, 2.45) is 5.10 Å². The number of thioether (sulfide) groups is 1. The summed E-state index contributed by atoms with van der Waals surface area (Å²) in [6.45, 7) is 1.98. The van der Waals surface area contributed by atoms with Crippen molar-refractivity contribution >= 4 is 29.7 Å². The number of benzene rings is 3. The first-order chi connectivity index (χ1) is 16.1. The van der Waals surface area contributed by atoms with Crippen LogP contribution in [0.2, 0.25) is 0 Å². The summed E-state index contributed by atoms with van der Waals surface area (Å²) < 4.78 is 7.09. The lowest BCUT2D eigenvalue weighted by molar-refractivity contribution is 0.102. The molecule has 1 aromatic heterocycles. The van der Waals surface area contributed by atoms with E-state index in [1.54, 1.807) is 6.21 Å². The summed E-state index contributed by atoms with van der Waals surface area (Å²) in [5.74, 6) is 7.95. The number of carbonyl (C=O) groups excluding carboxylic acids is 1. The number of anilines is 1. The van der Waals surface area contributed by atoms with Crippen LogP contribution >= 0.6 is 11.8 Å². The zero-order valence-electron chi connectivity index (χ0n) is 17.9. The summed E-state index contributed by atoms with van der Waals surface area (Å²) >= 11 is 1.21. The van der Waals surface area contributed by atoms with Gasteiger partial charge in [-0.15, -0.1) is 10.2 Å². The normalized spacial score (nSPS) is 10.9. The number of ketones is 1. The quantitative estimate of drug-likeness (QED) is 0.125. The Morgan fingerprint density at radius 2 is 1.82 bits per heavy atom. The highest BCUT2D eigenvalue weighted by Gasteiger charge is 2.13. The molecule has 0 spiro atoms. The van der Waals surface area contributed by atoms with E-state index in [2.05, 4.69) is 20.7 Å². The van der Waals surface area contributed by atoms with Gasteiger partial charge in [0.15, 0.2) is 5.78 Å². The number of hydrazone groups is 1. The molecule has 4 aromatic rings. The van der Waals surface area contributed by atoms with Crippen LogP contribution in [0.5, 0.6) is 11.5 Å². The van der Waals surface area contributed by atoms with E-state index in [4.69, 9.17) is 10.6 Å². The highest BCUT2D eigenvalue weighted by molar-refractivity contribution is 7.99. The number of aryl methyl sites for hydroxylation is 1. The average Bonchev–Trinajstić information content (AvgIpc) is 3.18. The summed E-state index contributed by atoms with van der Waals surface area (Å²) in [6, 6.07) is 24.5. The van der Waals surface area contributed by atoms with E-state index in [1.165, 1.54) is 16.4 Å². The minimum Gasteiger partial charge on any atom is -0.457 e. The molecule has 4 rings (SSSR count). The molecule has 0 unspecified atom stereocenters. The maximum atomic E-state index is 12.4. The Morgan fingerprint density at radius 3 is 2.61 bits per heavy atom. The zero-order chi connectivity index (χ0) is 23.0. The summed E-state index contributed by atoms with van der Waals surface area (Å²) in [4.78, 5) is 12.4. The van der Waals surface area contributed by atoms with E-state index in [-0.39, 0.29) is 17.5 Å². The standard InChI is InChI=1S/C24H22N6O2S/c1-17-10-12-19(13-11-17)22(31)16-33-24-29-28-23(30(24)25)27-26-15-18-6-5-9-21(14-18)32-20-7-3-2-4-8-20/h2-15H,16,25H2,1H3,(H,27,28)/b26-15+. The molecule has 0 radical (unpaired) electrons. The van der Waals surface area contributed by atoms with E-state index in [1.807, 2.05) is 85.8 Å². The molecule has 33 heavy (non-hydrogen) atoms. The number of nitrogen functional groups attached to an aromatic ring is 1. The Balaban J connectivity index is 1.33. The Kier molecular flexibility index (Phi) is 7.01. The third kappa shape index (κ3) is 5.98. The number of carbonyl (C=O) groups is 1. The molecule has 1 heterocycles. The van der Waals surface area contributed by atoms with Gasteiger partial charge >= 0.3 is 0 Å². The van der Waals surface area contributed by atoms with Crippen LogP contribution in [0.3, 0.4) is 0 Å². The number of rotatable bonds is 9. The summed E-state index contributed by atoms with van der Waals surface area (Å²) in [5, 5.41) is 12.6. The van der Waals surface area contributed by atoms with Crippen molar-refractivity contribution < 1.29 is 9.53 Å². The minimum atomic E-state index is -0.00636. The molecule has 0 saturated carbocycles. The van der Waals surface area contributed by atoms with Crippen LogP contribution < -0.4 is 16.0 Å². The maximum absolute atomic E-state index is 12.4. The lowest BCUT2D eigenvalue weighted by Gasteiger charge is -2.06. The van der Waals surface area contributed by atoms with Gasteiger partial charge < -0.3 is 10.6 Å². The largest absolute Gasteiger partial charge is 0.457 e. The van der Waals surface area contributed by atoms with E-state index < -0.39 is 0 Å². The Hall–Kier alpha value is -4.11. The van der Waals surface area contributed by atoms with Gasteiger partial charge in [-0.3, -0.25) is 4.79 Å². The molecular weight excluding hydrogens is 436 g/mol. The molecule has 0 amide bonds. The van der Waals surface area contributed by atoms with Crippen LogP contribution in [0, 0.1) is 6.92 Å². The van der Waals surface area contributed by atoms with Crippen molar-refractivity contribution in [2.45, 2.75) is 12.1 Å². The first-order valence-electron chi connectivity index (χ1n) is 10.1. The van der Waals surface area contributed by atoms with Crippen molar-refractivity contribution in [3.05, 3.63) is 95.6 Å². The van der Waals surface area contributed by atoms with Crippen LogP contribution in [-0.2, 0) is 0 Å². The molecule has 166 valence electrons. The monoisotopic (exact) mass is 458 g/mol. The molecule has 0 saturated heterocycles. The predicted octanol–water partition coefficient (Wildman–Crippen LogP) is 4.51. The lowest BCUT2D eigenvalue weighted by atomic mass is 10.1. The number of para-hydroxylation sites is 1. The number of nitrogens with zero attached hydrogens (tertiary/aromatic N) is 4. The Bertz CT molecular complexity index is 1260. The van der Waals surface area contributed by atoms with Crippen molar-refractivity contribution in [1.29, 1.82) is 0 Å². The lowest BCUT2D eigenvalue weighted by Crippen LogP contribution is -2.14. The molecule has 0 fully saturated rings. The smallest absolute Gasteiger partial charge is 0.264 e. The fourth-order valence-electron chi connectivity index (χ4n) is 2.85. The van der Waals surface area contributed by atoms with Gasteiger partial charge in [-0.2, -0.15) is 5.10 Å². The molecule has 8 nitrogen and oxygen atoms in total. The van der Waals surface area contributed by atoms with Gasteiger partial charge in [-0.1, -0.05) is 71.9 Å². The second kappa shape index (κ2) is 10.5. The fraction of sp³-hybridized carbons (Fsp3) is 0.0833. The van der Waals surface area contributed by atoms with Gasteiger partial charge in [0, 0.05) is 5.56 Å². The average molecular weight is 459 g/mol.